The van der Waals surface area contributed by atoms with Gasteiger partial charge < -0.3 is 5.11 Å². The summed E-state index contributed by atoms with van der Waals surface area (Å²) in [6.45, 7) is 1.96. The van der Waals surface area contributed by atoms with Crippen molar-refractivity contribution in [2.24, 2.45) is 0 Å². The summed E-state index contributed by atoms with van der Waals surface area (Å²) in [4.78, 5) is 6.74. The fourth-order valence-corrected chi connectivity index (χ4v) is 4.50. The Hall–Kier alpha value is -0.840. The summed E-state index contributed by atoms with van der Waals surface area (Å²) in [5.41, 5.74) is 3.27. The van der Waals surface area contributed by atoms with Gasteiger partial charge in [-0.2, -0.15) is 11.8 Å². The van der Waals surface area contributed by atoms with Gasteiger partial charge in [0, 0.05) is 33.0 Å². The van der Waals surface area contributed by atoms with Crippen molar-refractivity contribution in [3.8, 4) is 0 Å². The van der Waals surface area contributed by atoms with E-state index in [9.17, 15) is 5.11 Å². The normalized spacial score (nSPS) is 16.3. The molecule has 0 saturated heterocycles. The van der Waals surface area contributed by atoms with Crippen LogP contribution in [0.2, 0.25) is 0 Å². The first-order valence-electron chi connectivity index (χ1n) is 6.04. The fourth-order valence-electron chi connectivity index (χ4n) is 2.11. The van der Waals surface area contributed by atoms with Crippen molar-refractivity contribution >= 4 is 23.1 Å². The molecular weight excluding hydrogens is 262 g/mol. The largest absolute Gasteiger partial charge is 0.383 e. The molecule has 1 N–H and O–H groups in total. The van der Waals surface area contributed by atoms with Gasteiger partial charge in [-0.05, 0) is 36.8 Å². The van der Waals surface area contributed by atoms with Crippen molar-refractivity contribution in [2.75, 3.05) is 5.75 Å². The van der Waals surface area contributed by atoms with Crippen LogP contribution >= 0.6 is 23.1 Å². The average molecular weight is 277 g/mol. The van der Waals surface area contributed by atoms with Crippen LogP contribution in [0.3, 0.4) is 0 Å². The van der Waals surface area contributed by atoms with E-state index in [1.165, 1.54) is 16.2 Å². The Bertz CT molecular complexity index is 524. The fraction of sp³-hybridized carbons (Fsp3) is 0.357. The van der Waals surface area contributed by atoms with Crippen LogP contribution in [0.15, 0.2) is 24.4 Å². The van der Waals surface area contributed by atoms with Crippen molar-refractivity contribution < 1.29 is 5.11 Å². The molecule has 3 rings (SSSR count). The smallest absolute Gasteiger partial charge is 0.115 e. The van der Waals surface area contributed by atoms with E-state index in [4.69, 9.17) is 0 Å². The highest BCUT2D eigenvalue weighted by atomic mass is 32.2. The number of hydrogen-bond donors (Lipinski definition) is 1. The summed E-state index contributed by atoms with van der Waals surface area (Å²) in [5.74, 6) is 2.29. The summed E-state index contributed by atoms with van der Waals surface area (Å²) in [6.07, 6.45) is 2.38. The van der Waals surface area contributed by atoms with Crippen LogP contribution in [-0.2, 0) is 12.2 Å². The molecule has 1 aliphatic heterocycles. The van der Waals surface area contributed by atoms with E-state index >= 15 is 0 Å². The molecule has 94 valence electrons. The van der Waals surface area contributed by atoms with Gasteiger partial charge in [0.2, 0.25) is 0 Å². The third-order valence-corrected chi connectivity index (χ3v) is 5.46. The van der Waals surface area contributed by atoms with Crippen molar-refractivity contribution in [3.05, 3.63) is 51.0 Å². The van der Waals surface area contributed by atoms with Gasteiger partial charge in [0.05, 0.1) is 0 Å². The van der Waals surface area contributed by atoms with Gasteiger partial charge in [0.25, 0.3) is 0 Å². The Labute approximate surface area is 115 Å². The van der Waals surface area contributed by atoms with Gasteiger partial charge in [0.15, 0.2) is 0 Å². The second kappa shape index (κ2) is 5.03. The van der Waals surface area contributed by atoms with E-state index in [-0.39, 0.29) is 0 Å². The molecule has 0 bridgehead atoms. The van der Waals surface area contributed by atoms with Gasteiger partial charge in [-0.25, -0.2) is 0 Å². The molecular formula is C14H15NOS2. The van der Waals surface area contributed by atoms with Crippen molar-refractivity contribution in [1.29, 1.82) is 0 Å². The molecule has 0 spiro atoms. The standard InChI is InChI=1S/C14H15NOS2/c1-9-2-3-10(7-15-9)14(16)13-6-11-8-17-5-4-12(11)18-13/h2-3,6-7,14,16H,4-5,8H2,1H3. The van der Waals surface area contributed by atoms with E-state index in [1.807, 2.05) is 30.8 Å². The predicted molar refractivity (Wildman–Crippen MR) is 77.2 cm³/mol. The van der Waals surface area contributed by atoms with E-state index in [0.29, 0.717) is 0 Å². The van der Waals surface area contributed by atoms with Crippen LogP contribution in [0.5, 0.6) is 0 Å². The van der Waals surface area contributed by atoms with E-state index in [0.717, 1.165) is 28.3 Å². The van der Waals surface area contributed by atoms with Crippen molar-refractivity contribution in [2.45, 2.75) is 25.2 Å². The average Bonchev–Trinajstić information content (AvgIpc) is 2.82. The summed E-state index contributed by atoms with van der Waals surface area (Å²) >= 11 is 3.72. The number of fused-ring (bicyclic) bond motifs is 1. The summed E-state index contributed by atoms with van der Waals surface area (Å²) in [7, 11) is 0. The van der Waals surface area contributed by atoms with Crippen molar-refractivity contribution in [3.63, 3.8) is 0 Å². The predicted octanol–water partition coefficient (Wildman–Crippen LogP) is 3.32. The first kappa shape index (κ1) is 12.2. The Morgan fingerprint density at radius 2 is 2.28 bits per heavy atom. The molecule has 0 saturated carbocycles. The highest BCUT2D eigenvalue weighted by Gasteiger charge is 2.19. The third-order valence-electron chi connectivity index (χ3n) is 3.17. The number of aromatic nitrogens is 1. The van der Waals surface area contributed by atoms with E-state index < -0.39 is 6.10 Å². The number of aliphatic hydroxyl groups is 1. The molecule has 2 aromatic rings. The van der Waals surface area contributed by atoms with Gasteiger partial charge in [0.1, 0.15) is 6.10 Å². The number of nitrogens with zero attached hydrogens (tertiary/aromatic N) is 1. The minimum Gasteiger partial charge on any atom is -0.383 e. The molecule has 4 heteroatoms. The zero-order valence-electron chi connectivity index (χ0n) is 10.2. The number of pyridine rings is 1. The molecule has 0 aliphatic carbocycles. The molecule has 1 aliphatic rings. The lowest BCUT2D eigenvalue weighted by Crippen LogP contribution is -1.98. The van der Waals surface area contributed by atoms with Gasteiger partial charge >= 0.3 is 0 Å². The van der Waals surface area contributed by atoms with Gasteiger partial charge in [-0.1, -0.05) is 6.07 Å². The van der Waals surface area contributed by atoms with Crippen LogP contribution in [0.25, 0.3) is 0 Å². The summed E-state index contributed by atoms with van der Waals surface area (Å²) in [6, 6.07) is 6.07. The number of aliphatic hydroxyl groups excluding tert-OH is 1. The Balaban J connectivity index is 1.89. The molecule has 0 radical (unpaired) electrons. The maximum atomic E-state index is 10.4. The van der Waals surface area contributed by atoms with E-state index in [2.05, 4.69) is 11.1 Å². The third kappa shape index (κ3) is 2.32. The van der Waals surface area contributed by atoms with Gasteiger partial charge in [-0.15, -0.1) is 11.3 Å². The topological polar surface area (TPSA) is 33.1 Å². The molecule has 1 atom stereocenters. The molecule has 1 unspecified atom stereocenters. The maximum absolute atomic E-state index is 10.4. The first-order chi connectivity index (χ1) is 8.74. The SMILES string of the molecule is Cc1ccc(C(O)c2cc3c(s2)CCSC3)cn1. The van der Waals surface area contributed by atoms with Crippen LogP contribution in [0, 0.1) is 6.92 Å². The zero-order chi connectivity index (χ0) is 12.5. The number of thioether (sulfide) groups is 1. The molecule has 18 heavy (non-hydrogen) atoms. The van der Waals surface area contributed by atoms with Crippen LogP contribution in [0.4, 0.5) is 0 Å². The minimum absolute atomic E-state index is 0.529. The molecule has 2 aromatic heterocycles. The second-order valence-corrected chi connectivity index (χ2v) is 6.81. The van der Waals surface area contributed by atoms with Gasteiger partial charge in [-0.3, -0.25) is 4.98 Å². The first-order valence-corrected chi connectivity index (χ1v) is 8.01. The maximum Gasteiger partial charge on any atom is 0.115 e. The van der Waals surface area contributed by atoms with Crippen LogP contribution < -0.4 is 0 Å². The lowest BCUT2D eigenvalue weighted by Gasteiger charge is -2.08. The molecule has 0 amide bonds. The quantitative estimate of drug-likeness (QED) is 0.914. The Kier molecular flexibility index (Phi) is 3.41. The lowest BCUT2D eigenvalue weighted by molar-refractivity contribution is 0.223. The lowest BCUT2D eigenvalue weighted by atomic mass is 10.1. The molecule has 3 heterocycles. The highest BCUT2D eigenvalue weighted by molar-refractivity contribution is 7.98. The Morgan fingerprint density at radius 1 is 1.39 bits per heavy atom. The molecule has 0 fully saturated rings. The highest BCUT2D eigenvalue weighted by Crippen LogP contribution is 2.36. The number of thiophene rings is 1. The van der Waals surface area contributed by atoms with Crippen LogP contribution in [-0.4, -0.2) is 15.8 Å². The monoisotopic (exact) mass is 277 g/mol. The number of aryl methyl sites for hydroxylation is 2. The number of rotatable bonds is 2. The number of hydrogen-bond acceptors (Lipinski definition) is 4. The Morgan fingerprint density at radius 3 is 3.00 bits per heavy atom. The zero-order valence-corrected chi connectivity index (χ0v) is 11.9. The molecule has 0 aromatic carbocycles. The minimum atomic E-state index is -0.529. The molecule has 2 nitrogen and oxygen atoms in total. The van der Waals surface area contributed by atoms with E-state index in [1.54, 1.807) is 17.5 Å². The van der Waals surface area contributed by atoms with Crippen LogP contribution in [0.1, 0.15) is 32.7 Å². The summed E-state index contributed by atoms with van der Waals surface area (Å²) in [5, 5.41) is 10.4. The summed E-state index contributed by atoms with van der Waals surface area (Å²) < 4.78 is 0. The van der Waals surface area contributed by atoms with Crippen molar-refractivity contribution in [1.82, 2.24) is 4.98 Å². The second-order valence-electron chi connectivity index (χ2n) is 4.54.